The first-order valence-corrected chi connectivity index (χ1v) is 17.0. The highest BCUT2D eigenvalue weighted by Gasteiger charge is 2.47. The van der Waals surface area contributed by atoms with E-state index in [1.165, 1.54) is 16.3 Å². The van der Waals surface area contributed by atoms with Crippen LogP contribution in [0.25, 0.3) is 21.5 Å². The van der Waals surface area contributed by atoms with E-state index in [-0.39, 0.29) is 19.0 Å². The number of carbonyl (C=O) groups excluding carboxylic acids is 2. The van der Waals surface area contributed by atoms with Gasteiger partial charge in [0.25, 0.3) is 6.47 Å². The third-order valence-corrected chi connectivity index (χ3v) is 9.92. The average molecular weight is 672 g/mol. The molecule has 256 valence electrons. The molecule has 0 saturated carbocycles. The summed E-state index contributed by atoms with van der Waals surface area (Å²) < 4.78 is 12.5. The second-order valence-corrected chi connectivity index (χ2v) is 13.6. The smallest absolute Gasteiger partial charge is 0.338 e. The van der Waals surface area contributed by atoms with Crippen LogP contribution < -0.4 is 4.90 Å². The van der Waals surface area contributed by atoms with Gasteiger partial charge < -0.3 is 19.5 Å². The van der Waals surface area contributed by atoms with Crippen LogP contribution in [0.5, 0.6) is 0 Å². The van der Waals surface area contributed by atoms with E-state index in [0.29, 0.717) is 31.7 Å². The van der Waals surface area contributed by atoms with Crippen molar-refractivity contribution >= 4 is 57.0 Å². The molecule has 4 aromatic rings. The van der Waals surface area contributed by atoms with Gasteiger partial charge in [0, 0.05) is 28.4 Å². The van der Waals surface area contributed by atoms with Gasteiger partial charge in [-0.1, -0.05) is 74.5 Å². The number of benzene rings is 4. The predicted molar refractivity (Wildman–Crippen MR) is 198 cm³/mol. The maximum absolute atomic E-state index is 12.6. The van der Waals surface area contributed by atoms with Gasteiger partial charge in [0.15, 0.2) is 12.3 Å². The number of carboxylic acid groups (broad SMARTS) is 1. The fourth-order valence-electron chi connectivity index (χ4n) is 7.67. The average Bonchev–Trinajstić information content (AvgIpc) is 3.45. The van der Waals surface area contributed by atoms with Crippen molar-refractivity contribution in [1.82, 2.24) is 0 Å². The lowest BCUT2D eigenvalue weighted by Crippen LogP contribution is -2.29. The number of fused-ring (bicyclic) bond motifs is 7. The zero-order valence-corrected chi connectivity index (χ0v) is 29.2. The summed E-state index contributed by atoms with van der Waals surface area (Å²) in [5.41, 5.74) is 5.86. The summed E-state index contributed by atoms with van der Waals surface area (Å²) in [6.07, 6.45) is 10.1. The Hall–Kier alpha value is -5.50. The highest BCUT2D eigenvalue weighted by Crippen LogP contribution is 2.50. The molecule has 1 N–H and O–H groups in total. The van der Waals surface area contributed by atoms with Crippen molar-refractivity contribution in [3.63, 3.8) is 0 Å². The molecule has 6 rings (SSSR count). The zero-order valence-electron chi connectivity index (χ0n) is 29.2. The fourth-order valence-corrected chi connectivity index (χ4v) is 7.67. The molecule has 0 spiro atoms. The standard InChI is InChI=1S/C42H42N2O6/c1-6-50-40(48)28-20-21-34-33(26-28)41(2,3)35(43(34)24-25-49-27-45)18-8-7-9-19-36-42(4,5)38-31-16-12-10-14-29(31)30-15-11-13-17-32(30)39(38)44(36)23-22-37(46)47/h7-21,26-27H,6,22-25H2,1-5H3/p+1. The number of rotatable bonds is 12. The SMILES string of the molecule is CCOC(=O)c1ccc2c(c1)C(C)(C)C(=CC=CC=CC1=[N+](CCC(=O)O)c3c(c4ccccc4c4ccccc34)C1(C)C)N2CCOC=O. The van der Waals surface area contributed by atoms with Crippen molar-refractivity contribution < 1.29 is 33.5 Å². The number of aliphatic carboxylic acids is 1. The first kappa shape index (κ1) is 34.4. The second kappa shape index (κ2) is 13.8. The van der Waals surface area contributed by atoms with Crippen molar-refractivity contribution in [3.8, 4) is 0 Å². The molecule has 0 amide bonds. The van der Waals surface area contributed by atoms with Gasteiger partial charge in [-0.05, 0) is 72.8 Å². The molecule has 0 bridgehead atoms. The molecule has 0 fully saturated rings. The van der Waals surface area contributed by atoms with E-state index >= 15 is 0 Å². The van der Waals surface area contributed by atoms with Gasteiger partial charge >= 0.3 is 11.9 Å². The zero-order chi connectivity index (χ0) is 35.6. The lowest BCUT2D eigenvalue weighted by atomic mass is 9.78. The number of carbonyl (C=O) groups is 3. The first-order valence-electron chi connectivity index (χ1n) is 17.0. The fraction of sp³-hybridized carbons (Fsp3) is 0.286. The molecule has 2 aliphatic heterocycles. The lowest BCUT2D eigenvalue weighted by Gasteiger charge is -2.26. The largest absolute Gasteiger partial charge is 0.481 e. The van der Waals surface area contributed by atoms with Crippen molar-refractivity contribution in [2.75, 3.05) is 31.2 Å². The highest BCUT2D eigenvalue weighted by molar-refractivity contribution is 6.18. The number of esters is 1. The summed E-state index contributed by atoms with van der Waals surface area (Å²) in [5.74, 6) is -1.20. The summed E-state index contributed by atoms with van der Waals surface area (Å²) in [6, 6.07) is 22.4. The van der Waals surface area contributed by atoms with Gasteiger partial charge in [0.1, 0.15) is 13.0 Å². The van der Waals surface area contributed by atoms with Crippen LogP contribution in [0.15, 0.2) is 103 Å². The molecule has 8 nitrogen and oxygen atoms in total. The van der Waals surface area contributed by atoms with E-state index in [1.807, 2.05) is 42.5 Å². The molecule has 2 heterocycles. The molecule has 50 heavy (non-hydrogen) atoms. The Balaban J connectivity index is 1.39. The molecule has 0 atom stereocenters. The molecule has 2 aliphatic rings. The number of ether oxygens (including phenoxy) is 2. The van der Waals surface area contributed by atoms with Gasteiger partial charge in [-0.25, -0.2) is 4.79 Å². The van der Waals surface area contributed by atoms with Gasteiger partial charge in [-0.15, -0.1) is 0 Å². The maximum atomic E-state index is 12.6. The summed E-state index contributed by atoms with van der Waals surface area (Å²) in [4.78, 5) is 37.5. The van der Waals surface area contributed by atoms with Crippen LogP contribution in [0.1, 0.15) is 62.5 Å². The van der Waals surface area contributed by atoms with Crippen molar-refractivity contribution in [1.29, 1.82) is 0 Å². The van der Waals surface area contributed by atoms with Crippen molar-refractivity contribution in [3.05, 3.63) is 119 Å². The molecule has 0 aromatic heterocycles. The Morgan fingerprint density at radius 1 is 0.880 bits per heavy atom. The van der Waals surface area contributed by atoms with Crippen LogP contribution in [0.2, 0.25) is 0 Å². The molecule has 0 unspecified atom stereocenters. The van der Waals surface area contributed by atoms with Gasteiger partial charge in [0.05, 0.1) is 29.5 Å². The molecule has 0 saturated heterocycles. The van der Waals surface area contributed by atoms with Crippen LogP contribution in [-0.4, -0.2) is 60.1 Å². The molecule has 8 heteroatoms. The predicted octanol–water partition coefficient (Wildman–Crippen LogP) is 7.99. The molecule has 0 radical (unpaired) electrons. The number of hydrogen-bond acceptors (Lipinski definition) is 6. The monoisotopic (exact) mass is 671 g/mol. The molecule has 4 aromatic carbocycles. The van der Waals surface area contributed by atoms with Crippen LogP contribution in [0.3, 0.4) is 0 Å². The third kappa shape index (κ3) is 5.99. The van der Waals surface area contributed by atoms with E-state index in [1.54, 1.807) is 13.0 Å². The third-order valence-electron chi connectivity index (χ3n) is 9.92. The normalized spacial score (nSPS) is 16.9. The Morgan fingerprint density at radius 2 is 1.56 bits per heavy atom. The highest BCUT2D eigenvalue weighted by atomic mass is 16.5. The lowest BCUT2D eigenvalue weighted by molar-refractivity contribution is -0.435. The summed E-state index contributed by atoms with van der Waals surface area (Å²) in [6.45, 7) is 12.2. The van der Waals surface area contributed by atoms with E-state index in [4.69, 9.17) is 9.47 Å². The summed E-state index contributed by atoms with van der Waals surface area (Å²) in [5, 5.41) is 14.3. The van der Waals surface area contributed by atoms with E-state index < -0.39 is 16.8 Å². The van der Waals surface area contributed by atoms with E-state index in [0.717, 1.165) is 39.1 Å². The van der Waals surface area contributed by atoms with Crippen LogP contribution in [-0.2, 0) is 29.9 Å². The summed E-state index contributed by atoms with van der Waals surface area (Å²) >= 11 is 0. The van der Waals surface area contributed by atoms with Crippen molar-refractivity contribution in [2.24, 2.45) is 0 Å². The second-order valence-electron chi connectivity index (χ2n) is 13.6. The minimum atomic E-state index is -0.839. The van der Waals surface area contributed by atoms with Crippen LogP contribution >= 0.6 is 0 Å². The van der Waals surface area contributed by atoms with Gasteiger partial charge in [-0.3, -0.25) is 9.59 Å². The van der Waals surface area contributed by atoms with Gasteiger partial charge in [-0.2, -0.15) is 4.58 Å². The van der Waals surface area contributed by atoms with Crippen LogP contribution in [0, 0.1) is 0 Å². The minimum Gasteiger partial charge on any atom is -0.481 e. The van der Waals surface area contributed by atoms with Crippen LogP contribution in [0.4, 0.5) is 11.4 Å². The quantitative estimate of drug-likeness (QED) is 0.0407. The Morgan fingerprint density at radius 3 is 2.24 bits per heavy atom. The number of hydrogen-bond donors (Lipinski definition) is 1. The van der Waals surface area contributed by atoms with E-state index in [2.05, 4.69) is 85.7 Å². The van der Waals surface area contributed by atoms with E-state index in [9.17, 15) is 19.5 Å². The Kier molecular flexibility index (Phi) is 9.47. The first-order chi connectivity index (χ1) is 24.0. The number of nitrogens with zero attached hydrogens (tertiary/aromatic N) is 2. The van der Waals surface area contributed by atoms with Crippen molar-refractivity contribution in [2.45, 2.75) is 51.9 Å². The summed E-state index contributed by atoms with van der Waals surface area (Å²) in [7, 11) is 0. The topological polar surface area (TPSA) is 96.2 Å². The molecular weight excluding hydrogens is 628 g/mol. The Labute approximate surface area is 292 Å². The Bertz CT molecular complexity index is 2140. The minimum absolute atomic E-state index is 0.00707. The van der Waals surface area contributed by atoms with Gasteiger partial charge in [0.2, 0.25) is 5.69 Å². The number of anilines is 1. The molecular formula is C42H43N2O6+. The maximum Gasteiger partial charge on any atom is 0.338 e. The molecule has 0 aliphatic carbocycles. The number of carboxylic acids is 1. The number of allylic oxidation sites excluding steroid dienone is 6.